The van der Waals surface area contributed by atoms with Crippen LogP contribution in [-0.2, 0) is 20.9 Å². The van der Waals surface area contributed by atoms with Gasteiger partial charge in [0.2, 0.25) is 11.8 Å². The summed E-state index contributed by atoms with van der Waals surface area (Å²) in [6.07, 6.45) is 1.03. The Balaban J connectivity index is 1.67. The first-order chi connectivity index (χ1) is 11.1. The third kappa shape index (κ3) is 5.67. The summed E-state index contributed by atoms with van der Waals surface area (Å²) in [5.41, 5.74) is 1.07. The van der Waals surface area contributed by atoms with Gasteiger partial charge in [-0.2, -0.15) is 0 Å². The van der Waals surface area contributed by atoms with Gasteiger partial charge in [-0.15, -0.1) is 0 Å². The molecule has 126 valence electrons. The van der Waals surface area contributed by atoms with E-state index in [1.165, 1.54) is 0 Å². The number of nitrogens with zero attached hydrogens (tertiary/aromatic N) is 1. The summed E-state index contributed by atoms with van der Waals surface area (Å²) >= 11 is 0. The second-order valence-electron chi connectivity index (χ2n) is 6.44. The molecule has 2 rings (SSSR count). The number of hydrogen-bond donors (Lipinski definition) is 1. The molecule has 0 radical (unpaired) electrons. The molecule has 1 aromatic rings. The molecule has 23 heavy (non-hydrogen) atoms. The first-order valence-corrected chi connectivity index (χ1v) is 8.23. The normalized spacial score (nSPS) is 18.3. The van der Waals surface area contributed by atoms with E-state index in [0.29, 0.717) is 25.5 Å². The van der Waals surface area contributed by atoms with Gasteiger partial charge in [-0.25, -0.2) is 0 Å². The number of carbonyl (C=O) groups is 2. The van der Waals surface area contributed by atoms with Crippen molar-refractivity contribution in [2.45, 2.75) is 33.3 Å². The van der Waals surface area contributed by atoms with Gasteiger partial charge in [0, 0.05) is 25.4 Å². The van der Waals surface area contributed by atoms with Crippen molar-refractivity contribution < 1.29 is 14.3 Å². The minimum atomic E-state index is -0.230. The van der Waals surface area contributed by atoms with E-state index in [4.69, 9.17) is 4.74 Å². The second kappa shape index (κ2) is 8.67. The van der Waals surface area contributed by atoms with Gasteiger partial charge in [0.1, 0.15) is 6.73 Å². The number of ether oxygens (including phenoxy) is 1. The van der Waals surface area contributed by atoms with Crippen molar-refractivity contribution in [3.63, 3.8) is 0 Å². The van der Waals surface area contributed by atoms with Gasteiger partial charge in [0.05, 0.1) is 6.61 Å². The Labute approximate surface area is 138 Å². The van der Waals surface area contributed by atoms with Crippen LogP contribution in [0.5, 0.6) is 0 Å². The van der Waals surface area contributed by atoms with Crippen molar-refractivity contribution in [3.05, 3.63) is 35.9 Å². The molecule has 0 bridgehead atoms. The third-order valence-electron chi connectivity index (χ3n) is 3.94. The lowest BCUT2D eigenvalue weighted by Crippen LogP contribution is -2.45. The van der Waals surface area contributed by atoms with Crippen molar-refractivity contribution in [1.82, 2.24) is 10.2 Å². The molecule has 1 N–H and O–H groups in total. The summed E-state index contributed by atoms with van der Waals surface area (Å²) in [4.78, 5) is 26.1. The molecule has 0 spiro atoms. The first-order valence-electron chi connectivity index (χ1n) is 8.23. The predicted octanol–water partition coefficient (Wildman–Crippen LogP) is 2.17. The molecule has 2 amide bonds. The average Bonchev–Trinajstić information content (AvgIpc) is 2.54. The maximum atomic E-state index is 12.1. The van der Waals surface area contributed by atoms with Crippen LogP contribution < -0.4 is 5.32 Å². The van der Waals surface area contributed by atoms with Crippen LogP contribution in [-0.4, -0.2) is 36.5 Å². The minimum absolute atomic E-state index is 0.0790. The molecule has 1 fully saturated rings. The van der Waals surface area contributed by atoms with Crippen molar-refractivity contribution in [3.8, 4) is 0 Å². The number of amides is 2. The molecule has 5 nitrogen and oxygen atoms in total. The highest BCUT2D eigenvalue weighted by Crippen LogP contribution is 2.19. The maximum Gasteiger partial charge on any atom is 0.225 e. The van der Waals surface area contributed by atoms with Crippen molar-refractivity contribution >= 4 is 11.8 Å². The van der Waals surface area contributed by atoms with E-state index in [2.05, 4.69) is 19.2 Å². The molecule has 1 aliphatic rings. The zero-order valence-corrected chi connectivity index (χ0v) is 14.0. The van der Waals surface area contributed by atoms with Crippen molar-refractivity contribution in [2.24, 2.45) is 11.8 Å². The Bertz CT molecular complexity index is 516. The molecule has 1 heterocycles. The molecule has 1 aromatic carbocycles. The molecular weight excluding hydrogens is 292 g/mol. The lowest BCUT2D eigenvalue weighted by atomic mass is 9.95. The van der Waals surface area contributed by atoms with Gasteiger partial charge in [-0.3, -0.25) is 9.59 Å². The number of likely N-dealkylation sites (tertiary alicyclic amines) is 1. The number of piperidine rings is 1. The summed E-state index contributed by atoms with van der Waals surface area (Å²) in [7, 11) is 0. The fourth-order valence-corrected chi connectivity index (χ4v) is 2.75. The molecular formula is C18H26N2O3. The zero-order valence-electron chi connectivity index (χ0n) is 14.0. The predicted molar refractivity (Wildman–Crippen MR) is 88.4 cm³/mol. The van der Waals surface area contributed by atoms with Crippen LogP contribution >= 0.6 is 0 Å². The van der Waals surface area contributed by atoms with Crippen LogP contribution in [0.25, 0.3) is 0 Å². The summed E-state index contributed by atoms with van der Waals surface area (Å²) in [5.74, 6) is 0.216. The van der Waals surface area contributed by atoms with E-state index >= 15 is 0 Å². The fraction of sp³-hybridized carbons (Fsp3) is 0.556. The summed E-state index contributed by atoms with van der Waals surface area (Å²) < 4.78 is 5.45. The summed E-state index contributed by atoms with van der Waals surface area (Å²) in [6, 6.07) is 9.81. The largest absolute Gasteiger partial charge is 0.357 e. The molecule has 1 unspecified atom stereocenters. The zero-order chi connectivity index (χ0) is 16.7. The lowest BCUT2D eigenvalue weighted by Gasteiger charge is -2.32. The lowest BCUT2D eigenvalue weighted by molar-refractivity contribution is -0.141. The van der Waals surface area contributed by atoms with Gasteiger partial charge in [0.25, 0.3) is 0 Å². The third-order valence-corrected chi connectivity index (χ3v) is 3.94. The van der Waals surface area contributed by atoms with Crippen LogP contribution in [0.4, 0.5) is 0 Å². The first kappa shape index (κ1) is 17.5. The second-order valence-corrected chi connectivity index (χ2v) is 6.44. The molecule has 1 saturated heterocycles. The average molecular weight is 318 g/mol. The topological polar surface area (TPSA) is 58.6 Å². The van der Waals surface area contributed by atoms with E-state index in [9.17, 15) is 9.59 Å². The molecule has 0 aromatic heterocycles. The highest BCUT2D eigenvalue weighted by Gasteiger charge is 2.30. The quantitative estimate of drug-likeness (QED) is 0.619. The van der Waals surface area contributed by atoms with Crippen molar-refractivity contribution in [2.75, 3.05) is 19.8 Å². The highest BCUT2D eigenvalue weighted by molar-refractivity contribution is 5.86. The summed E-state index contributed by atoms with van der Waals surface area (Å²) in [6.45, 7) is 6.26. The number of benzene rings is 1. The van der Waals surface area contributed by atoms with Gasteiger partial charge in [-0.05, 0) is 17.9 Å². The monoisotopic (exact) mass is 318 g/mol. The van der Waals surface area contributed by atoms with Crippen molar-refractivity contribution in [1.29, 1.82) is 0 Å². The number of rotatable bonds is 7. The van der Waals surface area contributed by atoms with E-state index in [0.717, 1.165) is 18.5 Å². The van der Waals surface area contributed by atoms with Crippen LogP contribution in [0.1, 0.15) is 32.3 Å². The molecule has 5 heteroatoms. The molecule has 0 aliphatic carbocycles. The van der Waals surface area contributed by atoms with Crippen LogP contribution in [0.2, 0.25) is 0 Å². The van der Waals surface area contributed by atoms with Gasteiger partial charge in [-0.1, -0.05) is 44.2 Å². The molecule has 1 atom stereocenters. The Hall–Kier alpha value is -1.88. The van der Waals surface area contributed by atoms with Gasteiger partial charge in [0.15, 0.2) is 0 Å². The Morgan fingerprint density at radius 3 is 2.74 bits per heavy atom. The molecule has 0 saturated carbocycles. The smallest absolute Gasteiger partial charge is 0.225 e. The number of nitrogens with one attached hydrogen (secondary N) is 1. The van der Waals surface area contributed by atoms with Crippen LogP contribution in [0.15, 0.2) is 30.3 Å². The SMILES string of the molecule is CC(C)CN1CCC(C(=O)NCOCc2ccccc2)CC1=O. The molecule has 1 aliphatic heterocycles. The summed E-state index contributed by atoms with van der Waals surface area (Å²) in [5, 5.41) is 2.77. The van der Waals surface area contributed by atoms with Gasteiger partial charge >= 0.3 is 0 Å². The Kier molecular flexibility index (Phi) is 6.59. The van der Waals surface area contributed by atoms with E-state index < -0.39 is 0 Å². The maximum absolute atomic E-state index is 12.1. The Morgan fingerprint density at radius 2 is 2.09 bits per heavy atom. The van der Waals surface area contributed by atoms with E-state index in [1.54, 1.807) is 0 Å². The van der Waals surface area contributed by atoms with E-state index in [-0.39, 0.29) is 24.5 Å². The number of carbonyl (C=O) groups excluding carboxylic acids is 2. The standard InChI is InChI=1S/C18H26N2O3/c1-14(2)11-20-9-8-16(10-17(20)21)18(22)19-13-23-12-15-6-4-3-5-7-15/h3-7,14,16H,8-13H2,1-2H3,(H,19,22). The van der Waals surface area contributed by atoms with Crippen LogP contribution in [0.3, 0.4) is 0 Å². The van der Waals surface area contributed by atoms with Crippen LogP contribution in [0, 0.1) is 11.8 Å². The minimum Gasteiger partial charge on any atom is -0.357 e. The number of hydrogen-bond acceptors (Lipinski definition) is 3. The fourth-order valence-electron chi connectivity index (χ4n) is 2.75. The Morgan fingerprint density at radius 1 is 1.35 bits per heavy atom. The van der Waals surface area contributed by atoms with Gasteiger partial charge < -0.3 is 15.0 Å². The van der Waals surface area contributed by atoms with E-state index in [1.807, 2.05) is 35.2 Å². The highest BCUT2D eigenvalue weighted by atomic mass is 16.5.